The van der Waals surface area contributed by atoms with Crippen molar-refractivity contribution < 1.29 is 9.53 Å². The van der Waals surface area contributed by atoms with E-state index in [0.29, 0.717) is 17.0 Å². The second kappa shape index (κ2) is 5.36. The molecular formula is C15H15NO2. The number of ether oxygens (including phenoxy) is 1. The number of anilines is 1. The lowest BCUT2D eigenvalue weighted by atomic mass is 10.1. The van der Waals surface area contributed by atoms with Crippen LogP contribution in [0.3, 0.4) is 0 Å². The maximum absolute atomic E-state index is 11.8. The van der Waals surface area contributed by atoms with Crippen LogP contribution >= 0.6 is 0 Å². The molecule has 0 saturated carbocycles. The molecule has 18 heavy (non-hydrogen) atoms. The molecule has 0 unspecified atom stereocenters. The van der Waals surface area contributed by atoms with Crippen LogP contribution in [0.4, 0.5) is 5.69 Å². The fourth-order valence-corrected chi connectivity index (χ4v) is 1.54. The highest BCUT2D eigenvalue weighted by molar-refractivity contribution is 5.97. The number of rotatable bonds is 4. The lowest BCUT2D eigenvalue weighted by Crippen LogP contribution is -2.11. The smallest absolute Gasteiger partial charge is 0.200 e. The normalized spacial score (nSPS) is 10.1. The predicted octanol–water partition coefficient (Wildman–Crippen LogP) is 2.84. The van der Waals surface area contributed by atoms with Crippen molar-refractivity contribution in [1.82, 2.24) is 0 Å². The quantitative estimate of drug-likeness (QED) is 0.661. The first-order valence-electron chi connectivity index (χ1n) is 5.73. The van der Waals surface area contributed by atoms with E-state index >= 15 is 0 Å². The molecule has 2 aromatic rings. The van der Waals surface area contributed by atoms with Gasteiger partial charge in [-0.3, -0.25) is 4.79 Å². The summed E-state index contributed by atoms with van der Waals surface area (Å²) in [5, 5.41) is 0. The lowest BCUT2D eigenvalue weighted by Gasteiger charge is -2.06. The maximum Gasteiger partial charge on any atom is 0.200 e. The van der Waals surface area contributed by atoms with Crippen molar-refractivity contribution in [2.75, 3.05) is 12.3 Å². The van der Waals surface area contributed by atoms with Gasteiger partial charge < -0.3 is 10.5 Å². The number of Topliss-reactive ketones (excluding diaryl/α,β-unsaturated/α-hetero) is 1. The molecule has 2 rings (SSSR count). The van der Waals surface area contributed by atoms with E-state index in [9.17, 15) is 4.79 Å². The molecule has 0 spiro atoms. The Bertz CT molecular complexity index is 529. The average molecular weight is 241 g/mol. The summed E-state index contributed by atoms with van der Waals surface area (Å²) < 4.78 is 5.40. The summed E-state index contributed by atoms with van der Waals surface area (Å²) in [6, 6.07) is 14.4. The van der Waals surface area contributed by atoms with E-state index in [1.54, 1.807) is 24.3 Å². The largest absolute Gasteiger partial charge is 0.485 e. The molecule has 2 aromatic carbocycles. The van der Waals surface area contributed by atoms with E-state index in [0.717, 1.165) is 5.56 Å². The molecule has 0 saturated heterocycles. The van der Waals surface area contributed by atoms with Gasteiger partial charge in [0.2, 0.25) is 0 Å². The third kappa shape index (κ3) is 3.10. The zero-order valence-electron chi connectivity index (χ0n) is 10.2. The topological polar surface area (TPSA) is 52.3 Å². The second-order valence-electron chi connectivity index (χ2n) is 4.15. The Morgan fingerprint density at radius 2 is 1.67 bits per heavy atom. The van der Waals surface area contributed by atoms with Gasteiger partial charge in [-0.1, -0.05) is 29.8 Å². The van der Waals surface area contributed by atoms with Crippen molar-refractivity contribution in [2.24, 2.45) is 0 Å². The van der Waals surface area contributed by atoms with E-state index in [4.69, 9.17) is 10.5 Å². The number of nitrogen functional groups attached to an aromatic ring is 1. The number of hydrogen-bond donors (Lipinski definition) is 1. The third-order valence-electron chi connectivity index (χ3n) is 2.62. The van der Waals surface area contributed by atoms with Gasteiger partial charge in [-0.05, 0) is 31.2 Å². The summed E-state index contributed by atoms with van der Waals surface area (Å²) in [6.45, 7) is 2.02. The number of benzene rings is 2. The first-order valence-corrected chi connectivity index (χ1v) is 5.73. The van der Waals surface area contributed by atoms with Gasteiger partial charge in [-0.15, -0.1) is 0 Å². The molecule has 0 aliphatic rings. The standard InChI is InChI=1S/C15H15NO2/c1-11-2-4-12(5-3-11)15(17)10-18-14-8-6-13(16)7-9-14/h2-9H,10,16H2,1H3. The number of hydrogen-bond acceptors (Lipinski definition) is 3. The first-order chi connectivity index (χ1) is 8.65. The van der Waals surface area contributed by atoms with Gasteiger partial charge in [0.1, 0.15) is 5.75 Å². The van der Waals surface area contributed by atoms with Crippen LogP contribution in [0.15, 0.2) is 48.5 Å². The Morgan fingerprint density at radius 1 is 1.06 bits per heavy atom. The van der Waals surface area contributed by atoms with Gasteiger partial charge in [0.05, 0.1) is 0 Å². The van der Waals surface area contributed by atoms with Gasteiger partial charge >= 0.3 is 0 Å². The summed E-state index contributed by atoms with van der Waals surface area (Å²) in [5.41, 5.74) is 8.03. The molecule has 0 bridgehead atoms. The van der Waals surface area contributed by atoms with Crippen molar-refractivity contribution in [3.8, 4) is 5.75 Å². The van der Waals surface area contributed by atoms with Gasteiger partial charge in [0, 0.05) is 11.3 Å². The van der Waals surface area contributed by atoms with Gasteiger partial charge in [-0.25, -0.2) is 0 Å². The maximum atomic E-state index is 11.8. The highest BCUT2D eigenvalue weighted by atomic mass is 16.5. The molecule has 0 amide bonds. The van der Waals surface area contributed by atoms with Crippen LogP contribution in [0, 0.1) is 6.92 Å². The Hall–Kier alpha value is -2.29. The number of carbonyl (C=O) groups is 1. The number of ketones is 1. The van der Waals surface area contributed by atoms with Crippen LogP contribution in [0.1, 0.15) is 15.9 Å². The van der Waals surface area contributed by atoms with Gasteiger partial charge in [0.25, 0.3) is 0 Å². The van der Waals surface area contributed by atoms with Crippen LogP contribution < -0.4 is 10.5 Å². The Balaban J connectivity index is 1.96. The Morgan fingerprint density at radius 3 is 2.28 bits per heavy atom. The molecule has 0 fully saturated rings. The lowest BCUT2D eigenvalue weighted by molar-refractivity contribution is 0.0921. The van der Waals surface area contributed by atoms with Crippen LogP contribution in [-0.2, 0) is 0 Å². The summed E-state index contributed by atoms with van der Waals surface area (Å²) >= 11 is 0. The zero-order valence-corrected chi connectivity index (χ0v) is 10.2. The van der Waals surface area contributed by atoms with Gasteiger partial charge in [0.15, 0.2) is 12.4 Å². The highest BCUT2D eigenvalue weighted by Gasteiger charge is 2.06. The number of aryl methyl sites for hydroxylation is 1. The second-order valence-corrected chi connectivity index (χ2v) is 4.15. The van der Waals surface area contributed by atoms with E-state index in [1.165, 1.54) is 0 Å². The van der Waals surface area contributed by atoms with E-state index < -0.39 is 0 Å². The molecule has 3 nitrogen and oxygen atoms in total. The van der Waals surface area contributed by atoms with Crippen LogP contribution in [0.2, 0.25) is 0 Å². The Kier molecular flexibility index (Phi) is 3.63. The monoisotopic (exact) mass is 241 g/mol. The summed E-state index contributed by atoms with van der Waals surface area (Å²) in [4.78, 5) is 11.8. The van der Waals surface area contributed by atoms with Crippen LogP contribution in [0.25, 0.3) is 0 Å². The van der Waals surface area contributed by atoms with E-state index in [2.05, 4.69) is 0 Å². The fraction of sp³-hybridized carbons (Fsp3) is 0.133. The van der Waals surface area contributed by atoms with E-state index in [-0.39, 0.29) is 12.4 Å². The molecule has 0 aromatic heterocycles. The number of nitrogens with two attached hydrogens (primary N) is 1. The van der Waals surface area contributed by atoms with Crippen molar-refractivity contribution in [3.63, 3.8) is 0 Å². The third-order valence-corrected chi connectivity index (χ3v) is 2.62. The Labute approximate surface area is 106 Å². The summed E-state index contributed by atoms with van der Waals surface area (Å²) in [5.74, 6) is 0.608. The molecule has 0 radical (unpaired) electrons. The van der Waals surface area contributed by atoms with E-state index in [1.807, 2.05) is 31.2 Å². The minimum absolute atomic E-state index is 0.0347. The molecular weight excluding hydrogens is 226 g/mol. The minimum Gasteiger partial charge on any atom is -0.485 e. The molecule has 0 atom stereocenters. The van der Waals surface area contributed by atoms with Crippen LogP contribution in [0.5, 0.6) is 5.75 Å². The van der Waals surface area contributed by atoms with Gasteiger partial charge in [-0.2, -0.15) is 0 Å². The molecule has 92 valence electrons. The van der Waals surface area contributed by atoms with Crippen LogP contribution in [-0.4, -0.2) is 12.4 Å². The fourth-order valence-electron chi connectivity index (χ4n) is 1.54. The highest BCUT2D eigenvalue weighted by Crippen LogP contribution is 2.13. The molecule has 0 aliphatic heterocycles. The number of carbonyl (C=O) groups excluding carboxylic acids is 1. The minimum atomic E-state index is -0.0353. The van der Waals surface area contributed by atoms with Crippen molar-refractivity contribution in [3.05, 3.63) is 59.7 Å². The van der Waals surface area contributed by atoms with Crippen molar-refractivity contribution in [2.45, 2.75) is 6.92 Å². The first kappa shape index (κ1) is 12.2. The molecule has 0 heterocycles. The summed E-state index contributed by atoms with van der Waals surface area (Å²) in [7, 11) is 0. The molecule has 0 aliphatic carbocycles. The SMILES string of the molecule is Cc1ccc(C(=O)COc2ccc(N)cc2)cc1. The summed E-state index contributed by atoms with van der Waals surface area (Å²) in [6.07, 6.45) is 0. The predicted molar refractivity (Wildman–Crippen MR) is 71.9 cm³/mol. The average Bonchev–Trinajstić information content (AvgIpc) is 2.38. The molecule has 3 heteroatoms. The van der Waals surface area contributed by atoms with Crippen molar-refractivity contribution >= 4 is 11.5 Å². The van der Waals surface area contributed by atoms with Crippen molar-refractivity contribution in [1.29, 1.82) is 0 Å². The molecule has 2 N–H and O–H groups in total. The zero-order chi connectivity index (χ0) is 13.0.